The van der Waals surface area contributed by atoms with Gasteiger partial charge in [-0.2, -0.15) is 9.57 Å². The lowest BCUT2D eigenvalue weighted by Crippen LogP contribution is -2.39. The van der Waals surface area contributed by atoms with E-state index in [9.17, 15) is 8.42 Å². The zero-order valence-electron chi connectivity index (χ0n) is 9.41. The van der Waals surface area contributed by atoms with Crippen molar-refractivity contribution in [1.82, 2.24) is 4.31 Å². The zero-order chi connectivity index (χ0) is 12.3. The van der Waals surface area contributed by atoms with Gasteiger partial charge in [-0.15, -0.1) is 11.3 Å². The van der Waals surface area contributed by atoms with E-state index < -0.39 is 16.1 Å². The van der Waals surface area contributed by atoms with Crippen LogP contribution in [0.5, 0.6) is 0 Å². The van der Waals surface area contributed by atoms with Crippen LogP contribution in [0.4, 0.5) is 0 Å². The molecule has 0 aliphatic rings. The smallest absolute Gasteiger partial charge is 0.206 e. The number of sulfonamides is 1. The number of nitriles is 1. The zero-order valence-corrected chi connectivity index (χ0v) is 11.0. The summed E-state index contributed by atoms with van der Waals surface area (Å²) < 4.78 is 25.6. The molecule has 0 saturated carbocycles. The highest BCUT2D eigenvalue weighted by Gasteiger charge is 2.30. The van der Waals surface area contributed by atoms with Crippen molar-refractivity contribution in [1.29, 1.82) is 5.26 Å². The fourth-order valence-electron chi connectivity index (χ4n) is 1.35. The molecule has 0 bridgehead atoms. The largest absolute Gasteiger partial charge is 0.253 e. The first-order valence-corrected chi connectivity index (χ1v) is 7.14. The number of hydrogen-bond acceptors (Lipinski definition) is 4. The second kappa shape index (κ2) is 4.95. The Bertz CT molecular complexity index is 471. The van der Waals surface area contributed by atoms with Crippen molar-refractivity contribution in [2.45, 2.75) is 24.1 Å². The Morgan fingerprint density at radius 3 is 2.50 bits per heavy atom. The lowest BCUT2D eigenvalue weighted by molar-refractivity contribution is 0.353. The van der Waals surface area contributed by atoms with Crippen LogP contribution >= 0.6 is 11.3 Å². The molecule has 0 radical (unpaired) electrons. The van der Waals surface area contributed by atoms with Gasteiger partial charge in [-0.1, -0.05) is 19.9 Å². The first kappa shape index (κ1) is 13.2. The Morgan fingerprint density at radius 1 is 1.50 bits per heavy atom. The summed E-state index contributed by atoms with van der Waals surface area (Å²) >= 11 is 1.16. The van der Waals surface area contributed by atoms with Crippen LogP contribution in [0.25, 0.3) is 0 Å². The van der Waals surface area contributed by atoms with Crippen LogP contribution in [0.1, 0.15) is 13.8 Å². The van der Waals surface area contributed by atoms with E-state index >= 15 is 0 Å². The maximum Gasteiger partial charge on any atom is 0.253 e. The van der Waals surface area contributed by atoms with Gasteiger partial charge in [0.2, 0.25) is 0 Å². The molecule has 0 spiro atoms. The molecule has 16 heavy (non-hydrogen) atoms. The highest BCUT2D eigenvalue weighted by atomic mass is 32.2. The summed E-state index contributed by atoms with van der Waals surface area (Å²) in [5, 5.41) is 10.7. The quantitative estimate of drug-likeness (QED) is 0.829. The minimum Gasteiger partial charge on any atom is -0.206 e. The highest BCUT2D eigenvalue weighted by Crippen LogP contribution is 2.23. The van der Waals surface area contributed by atoms with Crippen LogP contribution in [0.2, 0.25) is 0 Å². The van der Waals surface area contributed by atoms with E-state index in [0.29, 0.717) is 0 Å². The summed E-state index contributed by atoms with van der Waals surface area (Å²) in [7, 11) is -2.08. The lowest BCUT2D eigenvalue weighted by atomic mass is 10.1. The number of thiophene rings is 1. The molecule has 0 saturated heterocycles. The van der Waals surface area contributed by atoms with Gasteiger partial charge in [-0.3, -0.25) is 0 Å². The summed E-state index contributed by atoms with van der Waals surface area (Å²) in [6, 6.07) is 4.62. The molecule has 4 nitrogen and oxygen atoms in total. The molecule has 0 amide bonds. The maximum atomic E-state index is 12.1. The van der Waals surface area contributed by atoms with Crippen LogP contribution in [-0.4, -0.2) is 25.8 Å². The molecule has 1 rings (SSSR count). The topological polar surface area (TPSA) is 61.2 Å². The van der Waals surface area contributed by atoms with E-state index in [1.807, 2.05) is 19.9 Å². The van der Waals surface area contributed by atoms with Crippen LogP contribution in [0, 0.1) is 17.2 Å². The Labute approximate surface area is 100 Å². The third kappa shape index (κ3) is 2.43. The van der Waals surface area contributed by atoms with E-state index in [2.05, 4.69) is 0 Å². The van der Waals surface area contributed by atoms with Crippen LogP contribution in [0.3, 0.4) is 0 Å². The van der Waals surface area contributed by atoms with Gasteiger partial charge in [0.05, 0.1) is 6.07 Å². The predicted octanol–water partition coefficient (Wildman–Crippen LogP) is 1.92. The van der Waals surface area contributed by atoms with Gasteiger partial charge in [0, 0.05) is 7.05 Å². The monoisotopic (exact) mass is 258 g/mol. The van der Waals surface area contributed by atoms with Gasteiger partial charge in [0.15, 0.2) is 0 Å². The molecule has 1 aromatic rings. The Balaban J connectivity index is 3.07. The van der Waals surface area contributed by atoms with E-state index in [0.717, 1.165) is 15.6 Å². The van der Waals surface area contributed by atoms with Crippen molar-refractivity contribution >= 4 is 21.4 Å². The fourth-order valence-corrected chi connectivity index (χ4v) is 3.93. The van der Waals surface area contributed by atoms with Gasteiger partial charge in [0.25, 0.3) is 10.0 Å². The van der Waals surface area contributed by atoms with E-state index in [1.54, 1.807) is 17.5 Å². The van der Waals surface area contributed by atoms with Crippen molar-refractivity contribution in [3.8, 4) is 6.07 Å². The molecular weight excluding hydrogens is 244 g/mol. The number of hydrogen-bond donors (Lipinski definition) is 0. The molecule has 1 atom stereocenters. The molecule has 0 N–H and O–H groups in total. The molecule has 1 unspecified atom stereocenters. The second-order valence-corrected chi connectivity index (χ2v) is 6.94. The van der Waals surface area contributed by atoms with Crippen molar-refractivity contribution < 1.29 is 8.42 Å². The van der Waals surface area contributed by atoms with Crippen LogP contribution in [0.15, 0.2) is 21.7 Å². The van der Waals surface area contributed by atoms with Crippen molar-refractivity contribution in [3.63, 3.8) is 0 Å². The van der Waals surface area contributed by atoms with E-state index in [-0.39, 0.29) is 10.1 Å². The van der Waals surface area contributed by atoms with Gasteiger partial charge < -0.3 is 0 Å². The Morgan fingerprint density at radius 2 is 2.12 bits per heavy atom. The molecule has 0 fully saturated rings. The average molecular weight is 258 g/mol. The van der Waals surface area contributed by atoms with Gasteiger partial charge >= 0.3 is 0 Å². The third-order valence-corrected chi connectivity index (χ3v) is 5.50. The van der Waals surface area contributed by atoms with Crippen molar-refractivity contribution in [2.75, 3.05) is 7.05 Å². The van der Waals surface area contributed by atoms with Crippen molar-refractivity contribution in [3.05, 3.63) is 17.5 Å². The second-order valence-electron chi connectivity index (χ2n) is 3.77. The normalized spacial score (nSPS) is 14.0. The summed E-state index contributed by atoms with van der Waals surface area (Å²) in [5.41, 5.74) is 0. The lowest BCUT2D eigenvalue weighted by Gasteiger charge is -2.24. The van der Waals surface area contributed by atoms with Crippen LogP contribution in [-0.2, 0) is 10.0 Å². The molecule has 0 aromatic carbocycles. The predicted molar refractivity (Wildman–Crippen MR) is 63.5 cm³/mol. The van der Waals surface area contributed by atoms with Crippen molar-refractivity contribution in [2.24, 2.45) is 5.92 Å². The third-order valence-electron chi connectivity index (χ3n) is 2.28. The number of nitrogens with zero attached hydrogens (tertiary/aromatic N) is 2. The summed E-state index contributed by atoms with van der Waals surface area (Å²) in [5.74, 6) is -0.0373. The Hall–Kier alpha value is -0.900. The van der Waals surface area contributed by atoms with E-state index in [1.165, 1.54) is 7.05 Å². The van der Waals surface area contributed by atoms with Gasteiger partial charge in [-0.05, 0) is 17.4 Å². The molecule has 6 heteroatoms. The average Bonchev–Trinajstić information content (AvgIpc) is 2.71. The standard InChI is InChI=1S/C10H14N2O2S2/c1-8(2)9(7-11)12(3)16(13,14)10-5-4-6-15-10/h4-6,8-9H,1-3H3. The van der Waals surface area contributed by atoms with Crippen LogP contribution < -0.4 is 0 Å². The minimum absolute atomic E-state index is 0.0373. The molecule has 0 aliphatic carbocycles. The van der Waals surface area contributed by atoms with E-state index in [4.69, 9.17) is 5.26 Å². The van der Waals surface area contributed by atoms with Gasteiger partial charge in [0.1, 0.15) is 10.3 Å². The molecule has 1 heterocycles. The maximum absolute atomic E-state index is 12.1. The summed E-state index contributed by atoms with van der Waals surface area (Å²) in [6.45, 7) is 3.66. The number of rotatable bonds is 4. The molecule has 1 aromatic heterocycles. The Kier molecular flexibility index (Phi) is 4.08. The molecule has 88 valence electrons. The minimum atomic E-state index is -3.52. The van der Waals surface area contributed by atoms with Gasteiger partial charge in [-0.25, -0.2) is 8.42 Å². The molecule has 0 aliphatic heterocycles. The first-order chi connectivity index (χ1) is 7.41. The summed E-state index contributed by atoms with van der Waals surface area (Å²) in [6.07, 6.45) is 0. The fraction of sp³-hybridized carbons (Fsp3) is 0.500. The first-order valence-electron chi connectivity index (χ1n) is 4.82. The summed E-state index contributed by atoms with van der Waals surface area (Å²) in [4.78, 5) is 0. The molecular formula is C10H14N2O2S2. The SMILES string of the molecule is CC(C)C(C#N)N(C)S(=O)(=O)c1cccs1. The highest BCUT2D eigenvalue weighted by molar-refractivity contribution is 7.91.